The van der Waals surface area contributed by atoms with Crippen LogP contribution in [0.1, 0.15) is 20.8 Å². The van der Waals surface area contributed by atoms with Gasteiger partial charge in [-0.05, 0) is 47.4 Å². The number of nitrogens with zero attached hydrogens (tertiary/aromatic N) is 1. The zero-order chi connectivity index (χ0) is 21.3. The van der Waals surface area contributed by atoms with Gasteiger partial charge in [0.2, 0.25) is 5.91 Å². The Morgan fingerprint density at radius 2 is 1.77 bits per heavy atom. The molecule has 0 bridgehead atoms. The normalized spacial score (nSPS) is 10.6. The van der Waals surface area contributed by atoms with Crippen LogP contribution in [0.4, 0.5) is 5.69 Å². The Hall–Kier alpha value is -3.29. The maximum Gasteiger partial charge on any atom is 0.256 e. The predicted octanol–water partition coefficient (Wildman–Crippen LogP) is 4.55. The van der Waals surface area contributed by atoms with Gasteiger partial charge in [-0.1, -0.05) is 48.5 Å². The lowest BCUT2D eigenvalue weighted by Crippen LogP contribution is -2.34. The summed E-state index contributed by atoms with van der Waals surface area (Å²) in [5.41, 5.74) is 2.05. The van der Waals surface area contributed by atoms with Crippen molar-refractivity contribution in [2.45, 2.75) is 6.54 Å². The Bertz CT molecular complexity index is 1050. The molecule has 5 nitrogen and oxygen atoms in total. The van der Waals surface area contributed by atoms with Crippen molar-refractivity contribution in [2.24, 2.45) is 0 Å². The van der Waals surface area contributed by atoms with Crippen LogP contribution in [-0.4, -0.2) is 28.9 Å². The van der Waals surface area contributed by atoms with Crippen LogP contribution in [0.3, 0.4) is 0 Å². The molecule has 0 aliphatic heterocycles. The zero-order valence-corrected chi connectivity index (χ0v) is 18.0. The van der Waals surface area contributed by atoms with E-state index in [0.717, 1.165) is 10.4 Å². The molecule has 0 atom stereocenters. The third kappa shape index (κ3) is 6.10. The summed E-state index contributed by atoms with van der Waals surface area (Å²) < 4.78 is 0. The molecule has 2 aromatic carbocycles. The Labute approximate surface area is 185 Å². The number of thiophene rings is 1. The van der Waals surface area contributed by atoms with Gasteiger partial charge in [0.05, 0.1) is 11.3 Å². The van der Waals surface area contributed by atoms with Crippen LogP contribution in [0.15, 0.2) is 78.2 Å². The van der Waals surface area contributed by atoms with E-state index in [9.17, 15) is 9.59 Å². The number of carbonyl (C=O) groups is 2. The molecule has 0 saturated carbocycles. The fraction of sp³-hybridized carbons (Fsp3) is 0.0870. The molecule has 7 heteroatoms. The molecule has 0 spiro atoms. The molecule has 0 unspecified atom stereocenters. The van der Waals surface area contributed by atoms with Gasteiger partial charge >= 0.3 is 0 Å². The molecule has 1 aromatic heterocycles. The number of benzene rings is 2. The van der Waals surface area contributed by atoms with Crippen molar-refractivity contribution >= 4 is 52.2 Å². The lowest BCUT2D eigenvalue weighted by atomic mass is 10.1. The number of anilines is 1. The Kier molecular flexibility index (Phi) is 7.48. The van der Waals surface area contributed by atoms with E-state index in [4.69, 9.17) is 12.2 Å². The maximum atomic E-state index is 13.0. The van der Waals surface area contributed by atoms with Gasteiger partial charge in [-0.25, -0.2) is 0 Å². The molecule has 1 heterocycles. The highest BCUT2D eigenvalue weighted by Gasteiger charge is 2.16. The number of thiocarbonyl (C=S) groups is 1. The summed E-state index contributed by atoms with van der Waals surface area (Å²) in [5.74, 6) is -0.487. The van der Waals surface area contributed by atoms with Crippen molar-refractivity contribution in [1.29, 1.82) is 0 Å². The van der Waals surface area contributed by atoms with Gasteiger partial charge in [-0.15, -0.1) is 11.3 Å². The Morgan fingerprint density at radius 1 is 1.03 bits per heavy atom. The molecule has 30 heavy (non-hydrogen) atoms. The summed E-state index contributed by atoms with van der Waals surface area (Å²) in [6.45, 7) is 0.489. The molecule has 3 aromatic rings. The van der Waals surface area contributed by atoms with Crippen molar-refractivity contribution in [3.05, 3.63) is 94.2 Å². The van der Waals surface area contributed by atoms with Crippen molar-refractivity contribution < 1.29 is 9.59 Å². The highest BCUT2D eigenvalue weighted by atomic mass is 32.1. The van der Waals surface area contributed by atoms with E-state index < -0.39 is 0 Å². The van der Waals surface area contributed by atoms with Crippen LogP contribution in [0, 0.1) is 0 Å². The lowest BCUT2D eigenvalue weighted by molar-refractivity contribution is -0.115. The van der Waals surface area contributed by atoms with Crippen LogP contribution in [-0.2, 0) is 11.3 Å². The molecule has 0 aliphatic rings. The van der Waals surface area contributed by atoms with E-state index in [1.54, 1.807) is 42.3 Å². The SMILES string of the molecule is CN(Cc1ccccc1)C(=O)c1ccccc1NC(=S)NC(=O)/C=C/c1cccs1. The summed E-state index contributed by atoms with van der Waals surface area (Å²) in [4.78, 5) is 27.6. The molecule has 152 valence electrons. The number of hydrogen-bond donors (Lipinski definition) is 2. The van der Waals surface area contributed by atoms with E-state index in [1.165, 1.54) is 17.4 Å². The van der Waals surface area contributed by atoms with Crippen LogP contribution in [0.25, 0.3) is 6.08 Å². The average molecular weight is 436 g/mol. The minimum atomic E-state index is -0.342. The largest absolute Gasteiger partial charge is 0.337 e. The van der Waals surface area contributed by atoms with E-state index >= 15 is 0 Å². The second kappa shape index (κ2) is 10.5. The van der Waals surface area contributed by atoms with Gasteiger partial charge in [0.1, 0.15) is 0 Å². The molecule has 3 rings (SSSR count). The quantitative estimate of drug-likeness (QED) is 0.441. The van der Waals surface area contributed by atoms with Gasteiger partial charge in [0, 0.05) is 24.5 Å². The van der Waals surface area contributed by atoms with Gasteiger partial charge in [0.15, 0.2) is 5.11 Å². The third-order valence-electron chi connectivity index (χ3n) is 4.19. The van der Waals surface area contributed by atoms with Gasteiger partial charge in [-0.2, -0.15) is 0 Å². The Morgan fingerprint density at radius 3 is 2.50 bits per heavy atom. The fourth-order valence-corrected chi connectivity index (χ4v) is 3.59. The Balaban J connectivity index is 1.63. The first-order valence-electron chi connectivity index (χ1n) is 9.25. The molecule has 0 radical (unpaired) electrons. The van der Waals surface area contributed by atoms with E-state index in [2.05, 4.69) is 10.6 Å². The van der Waals surface area contributed by atoms with Crippen molar-refractivity contribution in [3.63, 3.8) is 0 Å². The van der Waals surface area contributed by atoms with E-state index in [-0.39, 0.29) is 16.9 Å². The fourth-order valence-electron chi connectivity index (χ4n) is 2.76. The number of amides is 2. The first kappa shape index (κ1) is 21.4. The second-order valence-electron chi connectivity index (χ2n) is 6.48. The number of hydrogen-bond acceptors (Lipinski definition) is 4. The number of carbonyl (C=O) groups excluding carboxylic acids is 2. The molecular weight excluding hydrogens is 414 g/mol. The molecule has 2 N–H and O–H groups in total. The molecule has 2 amide bonds. The number of nitrogens with one attached hydrogen (secondary N) is 2. The van der Waals surface area contributed by atoms with E-state index in [1.807, 2.05) is 47.8 Å². The van der Waals surface area contributed by atoms with Crippen LogP contribution in [0.5, 0.6) is 0 Å². The molecule has 0 aliphatic carbocycles. The zero-order valence-electron chi connectivity index (χ0n) is 16.4. The van der Waals surface area contributed by atoms with Crippen molar-refractivity contribution in [2.75, 3.05) is 12.4 Å². The minimum absolute atomic E-state index is 0.127. The number of rotatable bonds is 6. The van der Waals surface area contributed by atoms with Gasteiger partial charge in [-0.3, -0.25) is 14.9 Å². The smallest absolute Gasteiger partial charge is 0.256 e. The summed E-state index contributed by atoms with van der Waals surface area (Å²) in [5, 5.41) is 7.62. The van der Waals surface area contributed by atoms with E-state index in [0.29, 0.717) is 17.8 Å². The summed E-state index contributed by atoms with van der Waals surface area (Å²) >= 11 is 6.78. The highest BCUT2D eigenvalue weighted by molar-refractivity contribution is 7.80. The van der Waals surface area contributed by atoms with Crippen LogP contribution >= 0.6 is 23.6 Å². The summed E-state index contributed by atoms with van der Waals surface area (Å²) in [6, 6.07) is 20.7. The third-order valence-corrected chi connectivity index (χ3v) is 5.24. The average Bonchev–Trinajstić information content (AvgIpc) is 3.26. The highest BCUT2D eigenvalue weighted by Crippen LogP contribution is 2.18. The van der Waals surface area contributed by atoms with Gasteiger partial charge in [0.25, 0.3) is 5.91 Å². The minimum Gasteiger partial charge on any atom is -0.337 e. The molecule has 0 saturated heterocycles. The van der Waals surface area contributed by atoms with Crippen LogP contribution < -0.4 is 10.6 Å². The standard InChI is InChI=1S/C23H21N3O2S2/c1-26(16-17-8-3-2-4-9-17)22(28)19-11-5-6-12-20(19)24-23(29)25-21(27)14-13-18-10-7-15-30-18/h2-15H,16H2,1H3,(H2,24,25,27,29)/b14-13+. The van der Waals surface area contributed by atoms with Crippen molar-refractivity contribution in [1.82, 2.24) is 10.2 Å². The monoisotopic (exact) mass is 435 g/mol. The number of para-hydroxylation sites is 1. The topological polar surface area (TPSA) is 61.4 Å². The summed E-state index contributed by atoms with van der Waals surface area (Å²) in [6.07, 6.45) is 3.14. The predicted molar refractivity (Wildman–Crippen MR) is 126 cm³/mol. The lowest BCUT2D eigenvalue weighted by Gasteiger charge is -2.20. The molecular formula is C23H21N3O2S2. The van der Waals surface area contributed by atoms with Crippen molar-refractivity contribution in [3.8, 4) is 0 Å². The van der Waals surface area contributed by atoms with Gasteiger partial charge < -0.3 is 10.2 Å². The van der Waals surface area contributed by atoms with Crippen LogP contribution in [0.2, 0.25) is 0 Å². The second-order valence-corrected chi connectivity index (χ2v) is 7.87. The molecule has 0 fully saturated rings. The maximum absolute atomic E-state index is 13.0. The first-order chi connectivity index (χ1) is 14.5. The first-order valence-corrected chi connectivity index (χ1v) is 10.5. The summed E-state index contributed by atoms with van der Waals surface area (Å²) in [7, 11) is 1.75.